The van der Waals surface area contributed by atoms with Crippen molar-refractivity contribution in [2.45, 2.75) is 13.2 Å². The molecule has 3 rings (SSSR count). The highest BCUT2D eigenvalue weighted by Crippen LogP contribution is 2.18. The topological polar surface area (TPSA) is 22.9 Å². The van der Waals surface area contributed by atoms with Crippen LogP contribution in [0.15, 0.2) is 54.6 Å². The summed E-state index contributed by atoms with van der Waals surface area (Å²) in [6.07, 6.45) is 0. The summed E-state index contributed by atoms with van der Waals surface area (Å²) in [7, 11) is 0. The van der Waals surface area contributed by atoms with Crippen molar-refractivity contribution in [3.8, 4) is 5.75 Å². The second-order valence-electron chi connectivity index (χ2n) is 5.42. The van der Waals surface area contributed by atoms with Gasteiger partial charge in [-0.05, 0) is 17.7 Å². The fraction of sp³-hybridized carbons (Fsp3) is 0.333. The molecule has 1 saturated heterocycles. The molecule has 0 atom stereocenters. The first-order valence-electron chi connectivity index (χ1n) is 7.58. The summed E-state index contributed by atoms with van der Waals surface area (Å²) < 4.78 is 11.4. The van der Waals surface area contributed by atoms with Crippen LogP contribution >= 0.6 is 0 Å². The second-order valence-corrected chi connectivity index (χ2v) is 5.42. The average Bonchev–Trinajstić information content (AvgIpc) is 2.56. The van der Waals surface area contributed by atoms with Crippen LogP contribution < -0.4 is 9.64 Å². The van der Waals surface area contributed by atoms with Crippen molar-refractivity contribution in [3.05, 3.63) is 65.7 Å². The van der Waals surface area contributed by atoms with Gasteiger partial charge < -0.3 is 14.4 Å². The van der Waals surface area contributed by atoms with Crippen LogP contribution in [0.1, 0.15) is 11.1 Å². The maximum Gasteiger partial charge on any atom is 0.128 e. The van der Waals surface area contributed by atoms with Gasteiger partial charge in [-0.25, -0.2) is 0 Å². The van der Waals surface area contributed by atoms with Crippen LogP contribution in [0.5, 0.6) is 5.75 Å². The summed E-state index contributed by atoms with van der Waals surface area (Å²) in [6, 6.07) is 18.7. The molecule has 1 N–H and O–H groups in total. The number of morpholine rings is 1. The van der Waals surface area contributed by atoms with Gasteiger partial charge in [-0.15, -0.1) is 0 Å². The Morgan fingerprint density at radius 1 is 0.905 bits per heavy atom. The summed E-state index contributed by atoms with van der Waals surface area (Å²) in [6.45, 7) is 5.51. The molecule has 0 spiro atoms. The maximum atomic E-state index is 6.02. The Balaban J connectivity index is 1.64. The van der Waals surface area contributed by atoms with E-state index in [1.165, 1.54) is 11.1 Å². The molecule has 0 unspecified atom stereocenters. The Morgan fingerprint density at radius 3 is 2.43 bits per heavy atom. The molecule has 3 heteroatoms. The summed E-state index contributed by atoms with van der Waals surface area (Å²) in [5.74, 6) is 1.00. The van der Waals surface area contributed by atoms with Gasteiger partial charge in [0.25, 0.3) is 0 Å². The summed E-state index contributed by atoms with van der Waals surface area (Å²) >= 11 is 0. The molecule has 0 aromatic heterocycles. The molecule has 0 amide bonds. The van der Waals surface area contributed by atoms with Crippen molar-refractivity contribution in [1.82, 2.24) is 0 Å². The van der Waals surface area contributed by atoms with Gasteiger partial charge in [-0.3, -0.25) is 0 Å². The molecule has 1 fully saturated rings. The fourth-order valence-electron chi connectivity index (χ4n) is 2.63. The first-order chi connectivity index (χ1) is 10.4. The summed E-state index contributed by atoms with van der Waals surface area (Å²) in [5, 5.41) is 0. The highest BCUT2D eigenvalue weighted by Gasteiger charge is 2.16. The number of benzene rings is 2. The molecular weight excluding hydrogens is 262 g/mol. The van der Waals surface area contributed by atoms with E-state index in [0.29, 0.717) is 6.61 Å². The van der Waals surface area contributed by atoms with E-state index in [9.17, 15) is 0 Å². The number of para-hydroxylation sites is 1. The van der Waals surface area contributed by atoms with Gasteiger partial charge in [0.1, 0.15) is 32.0 Å². The predicted molar refractivity (Wildman–Crippen MR) is 82.4 cm³/mol. The summed E-state index contributed by atoms with van der Waals surface area (Å²) in [5.41, 5.74) is 2.48. The van der Waals surface area contributed by atoms with Gasteiger partial charge in [0.05, 0.1) is 13.2 Å². The Morgan fingerprint density at radius 2 is 1.62 bits per heavy atom. The van der Waals surface area contributed by atoms with Crippen molar-refractivity contribution in [1.29, 1.82) is 0 Å². The summed E-state index contributed by atoms with van der Waals surface area (Å²) in [4.78, 5) is 1.57. The molecule has 2 aromatic rings. The molecule has 0 saturated carbocycles. The van der Waals surface area contributed by atoms with Crippen LogP contribution in [-0.4, -0.2) is 26.3 Å². The monoisotopic (exact) mass is 284 g/mol. The lowest BCUT2D eigenvalue weighted by Crippen LogP contribution is -3.12. The molecule has 0 aliphatic carbocycles. The number of quaternary nitrogens is 1. The number of hydrogen-bond donors (Lipinski definition) is 1. The molecule has 1 heterocycles. The van der Waals surface area contributed by atoms with Gasteiger partial charge in [-0.1, -0.05) is 42.5 Å². The zero-order chi connectivity index (χ0) is 14.3. The van der Waals surface area contributed by atoms with E-state index in [0.717, 1.165) is 38.6 Å². The molecule has 1 aliphatic rings. The normalized spacial score (nSPS) is 15.8. The minimum atomic E-state index is 0.621. The van der Waals surface area contributed by atoms with Crippen LogP contribution in [0.25, 0.3) is 0 Å². The van der Waals surface area contributed by atoms with Crippen LogP contribution in [0.4, 0.5) is 0 Å². The molecule has 0 radical (unpaired) electrons. The molecule has 1 aliphatic heterocycles. The van der Waals surface area contributed by atoms with Gasteiger partial charge in [0, 0.05) is 5.56 Å². The van der Waals surface area contributed by atoms with Crippen molar-refractivity contribution < 1.29 is 14.4 Å². The third-order valence-electron chi connectivity index (χ3n) is 3.85. The Bertz CT molecular complexity index is 550. The van der Waals surface area contributed by atoms with Crippen LogP contribution in [0, 0.1) is 0 Å². The Kier molecular flexibility index (Phi) is 4.87. The number of ether oxygens (including phenoxy) is 2. The lowest BCUT2D eigenvalue weighted by Gasteiger charge is -2.24. The standard InChI is InChI=1S/C18H21NO2/c1-2-6-16(7-3-1)15-21-18-9-5-4-8-17(18)14-19-10-12-20-13-11-19/h1-9H,10-15H2/p+1. The lowest BCUT2D eigenvalue weighted by atomic mass is 10.1. The quantitative estimate of drug-likeness (QED) is 0.903. The van der Waals surface area contributed by atoms with Gasteiger partial charge in [0.2, 0.25) is 0 Å². The first-order valence-corrected chi connectivity index (χ1v) is 7.58. The molecule has 3 nitrogen and oxygen atoms in total. The van der Waals surface area contributed by atoms with E-state index in [-0.39, 0.29) is 0 Å². The molecule has 2 aromatic carbocycles. The Labute approximate surface area is 126 Å². The minimum Gasteiger partial charge on any atom is -0.488 e. The van der Waals surface area contributed by atoms with Crippen molar-refractivity contribution in [2.24, 2.45) is 0 Å². The zero-order valence-electron chi connectivity index (χ0n) is 12.3. The average molecular weight is 284 g/mol. The Hall–Kier alpha value is -1.84. The number of nitrogens with one attached hydrogen (secondary N) is 1. The van der Waals surface area contributed by atoms with E-state index < -0.39 is 0 Å². The van der Waals surface area contributed by atoms with E-state index in [2.05, 4.69) is 30.3 Å². The lowest BCUT2D eigenvalue weighted by molar-refractivity contribution is -0.921. The van der Waals surface area contributed by atoms with Crippen LogP contribution in [0.3, 0.4) is 0 Å². The predicted octanol–water partition coefficient (Wildman–Crippen LogP) is 1.68. The SMILES string of the molecule is c1ccc(COc2ccccc2C[NH+]2CCOCC2)cc1. The van der Waals surface area contributed by atoms with Gasteiger partial charge >= 0.3 is 0 Å². The van der Waals surface area contributed by atoms with Crippen molar-refractivity contribution >= 4 is 0 Å². The van der Waals surface area contributed by atoms with E-state index in [1.54, 1.807) is 4.90 Å². The second kappa shape index (κ2) is 7.25. The molecule has 110 valence electrons. The number of hydrogen-bond acceptors (Lipinski definition) is 2. The largest absolute Gasteiger partial charge is 0.488 e. The third-order valence-corrected chi connectivity index (χ3v) is 3.85. The van der Waals surface area contributed by atoms with Crippen LogP contribution in [0.2, 0.25) is 0 Å². The minimum absolute atomic E-state index is 0.621. The molecule has 21 heavy (non-hydrogen) atoms. The van der Waals surface area contributed by atoms with E-state index >= 15 is 0 Å². The van der Waals surface area contributed by atoms with Crippen molar-refractivity contribution in [3.63, 3.8) is 0 Å². The molecular formula is C18H22NO2+. The van der Waals surface area contributed by atoms with E-state index in [1.807, 2.05) is 24.3 Å². The highest BCUT2D eigenvalue weighted by atomic mass is 16.5. The third kappa shape index (κ3) is 4.06. The van der Waals surface area contributed by atoms with Gasteiger partial charge in [0.15, 0.2) is 0 Å². The highest BCUT2D eigenvalue weighted by molar-refractivity contribution is 5.33. The number of rotatable bonds is 5. The van der Waals surface area contributed by atoms with Crippen LogP contribution in [-0.2, 0) is 17.9 Å². The van der Waals surface area contributed by atoms with Gasteiger partial charge in [-0.2, -0.15) is 0 Å². The fourth-order valence-corrected chi connectivity index (χ4v) is 2.63. The zero-order valence-corrected chi connectivity index (χ0v) is 12.3. The smallest absolute Gasteiger partial charge is 0.128 e. The van der Waals surface area contributed by atoms with Crippen molar-refractivity contribution in [2.75, 3.05) is 26.3 Å². The first kappa shape index (κ1) is 14.1. The molecule has 0 bridgehead atoms. The van der Waals surface area contributed by atoms with E-state index in [4.69, 9.17) is 9.47 Å². The maximum absolute atomic E-state index is 6.02.